The van der Waals surface area contributed by atoms with Gasteiger partial charge in [-0.1, -0.05) is 49.2 Å². The summed E-state index contributed by atoms with van der Waals surface area (Å²) in [4.78, 5) is 10.6. The Hall–Kier alpha value is -2.66. The van der Waals surface area contributed by atoms with Crippen molar-refractivity contribution < 1.29 is 17.5 Å². The summed E-state index contributed by atoms with van der Waals surface area (Å²) in [6, 6.07) is 9.24. The van der Waals surface area contributed by atoms with Gasteiger partial charge in [0.05, 0.1) is 22.7 Å². The van der Waals surface area contributed by atoms with Gasteiger partial charge in [-0.25, -0.2) is 22.8 Å². The third-order valence-corrected chi connectivity index (χ3v) is 7.55. The van der Waals surface area contributed by atoms with Crippen molar-refractivity contribution in [2.24, 2.45) is 0 Å². The quantitative estimate of drug-likeness (QED) is 0.305. The Morgan fingerprint density at radius 1 is 1.14 bits per heavy atom. The molecule has 0 aliphatic carbocycles. The van der Waals surface area contributed by atoms with Gasteiger partial charge in [-0.15, -0.1) is 0 Å². The zero-order valence-electron chi connectivity index (χ0n) is 20.1. The van der Waals surface area contributed by atoms with Gasteiger partial charge in [0, 0.05) is 28.4 Å². The fourth-order valence-electron chi connectivity index (χ4n) is 3.48. The van der Waals surface area contributed by atoms with Crippen LogP contribution in [0.15, 0.2) is 42.6 Å². The number of rotatable bonds is 11. The maximum Gasteiger partial charge on any atom is 0.258 e. The molecule has 0 saturated carbocycles. The molecule has 12 heteroatoms. The predicted octanol–water partition coefficient (Wildman–Crippen LogP) is 5.40. The average molecular weight is 556 g/mol. The summed E-state index contributed by atoms with van der Waals surface area (Å²) in [5.41, 5.74) is 7.75. The van der Waals surface area contributed by atoms with Gasteiger partial charge in [-0.3, -0.25) is 4.72 Å². The van der Waals surface area contributed by atoms with Crippen LogP contribution in [-0.4, -0.2) is 48.7 Å². The number of ether oxygens (including phenoxy) is 1. The van der Waals surface area contributed by atoms with Crippen LogP contribution < -0.4 is 15.2 Å². The molecule has 194 valence electrons. The lowest BCUT2D eigenvalue weighted by Gasteiger charge is -2.18. The minimum absolute atomic E-state index is 0.00189. The third kappa shape index (κ3) is 6.97. The largest absolute Gasteiger partial charge is 0.467 e. The van der Waals surface area contributed by atoms with Crippen LogP contribution in [0.4, 0.5) is 15.9 Å². The van der Waals surface area contributed by atoms with Gasteiger partial charge in [-0.2, -0.15) is 0 Å². The first-order valence-corrected chi connectivity index (χ1v) is 13.7. The Morgan fingerprint density at radius 3 is 2.44 bits per heavy atom. The first kappa shape index (κ1) is 27.9. The fourth-order valence-corrected chi connectivity index (χ4v) is 5.25. The summed E-state index contributed by atoms with van der Waals surface area (Å²) in [7, 11) is -3.49. The molecule has 0 aliphatic heterocycles. The number of halogens is 3. The first-order valence-electron chi connectivity index (χ1n) is 11.3. The van der Waals surface area contributed by atoms with E-state index in [1.165, 1.54) is 18.3 Å². The van der Waals surface area contributed by atoms with Gasteiger partial charge in [0.25, 0.3) is 5.88 Å². The highest BCUT2D eigenvalue weighted by atomic mass is 35.5. The SMILES string of the molecule is CCN(CC)CCS(=O)(=O)Nc1ccc(-c2cnc(N)c(OC(C)c3c(Cl)ccc(F)c3Cl)n2)cc1. The van der Waals surface area contributed by atoms with Crippen molar-refractivity contribution in [1.29, 1.82) is 0 Å². The number of nitrogens with two attached hydrogens (primary N) is 1. The monoisotopic (exact) mass is 555 g/mol. The van der Waals surface area contributed by atoms with Crippen molar-refractivity contribution >= 4 is 44.7 Å². The van der Waals surface area contributed by atoms with Crippen molar-refractivity contribution in [2.45, 2.75) is 26.9 Å². The van der Waals surface area contributed by atoms with E-state index in [0.29, 0.717) is 23.5 Å². The molecular weight excluding hydrogens is 528 g/mol. The summed E-state index contributed by atoms with van der Waals surface area (Å²) in [6.45, 7) is 7.65. The standard InChI is InChI=1S/C24H28Cl2FN5O3S/c1-4-32(5-2)12-13-36(33,34)31-17-8-6-16(7-9-17)20-14-29-23(28)24(30-20)35-15(3)21-18(25)10-11-19(27)22(21)26/h6-11,14-15,31H,4-5,12-13H2,1-3H3,(H2,28,29). The summed E-state index contributed by atoms with van der Waals surface area (Å²) < 4.78 is 47.2. The van der Waals surface area contributed by atoms with E-state index in [9.17, 15) is 12.8 Å². The topological polar surface area (TPSA) is 110 Å². The maximum absolute atomic E-state index is 13.9. The maximum atomic E-state index is 13.9. The molecule has 3 aromatic rings. The van der Waals surface area contributed by atoms with Crippen LogP contribution in [-0.2, 0) is 10.0 Å². The lowest BCUT2D eigenvalue weighted by atomic mass is 10.1. The van der Waals surface area contributed by atoms with Crippen LogP contribution in [0.5, 0.6) is 5.88 Å². The van der Waals surface area contributed by atoms with E-state index < -0.39 is 21.9 Å². The molecule has 3 N–H and O–H groups in total. The van der Waals surface area contributed by atoms with E-state index >= 15 is 0 Å². The van der Waals surface area contributed by atoms with Crippen LogP contribution >= 0.6 is 23.2 Å². The zero-order chi connectivity index (χ0) is 26.5. The average Bonchev–Trinajstić information content (AvgIpc) is 2.84. The number of sulfonamides is 1. The summed E-state index contributed by atoms with van der Waals surface area (Å²) in [6.07, 6.45) is 0.707. The molecule has 1 atom stereocenters. The number of anilines is 2. The van der Waals surface area contributed by atoms with Crippen molar-refractivity contribution in [3.8, 4) is 17.1 Å². The molecule has 0 fully saturated rings. The second-order valence-corrected chi connectivity index (χ2v) is 10.6. The number of nitrogen functional groups attached to an aromatic ring is 1. The van der Waals surface area contributed by atoms with Gasteiger partial charge >= 0.3 is 0 Å². The fraction of sp³-hybridized carbons (Fsp3) is 0.333. The van der Waals surface area contributed by atoms with Crippen LogP contribution in [0.25, 0.3) is 11.3 Å². The van der Waals surface area contributed by atoms with Gasteiger partial charge in [0.2, 0.25) is 10.0 Å². The molecule has 36 heavy (non-hydrogen) atoms. The third-order valence-electron chi connectivity index (χ3n) is 5.57. The Bertz CT molecular complexity index is 1310. The van der Waals surface area contributed by atoms with Crippen LogP contribution in [0.1, 0.15) is 32.4 Å². The second kappa shape index (κ2) is 12.1. The highest BCUT2D eigenvalue weighted by Crippen LogP contribution is 2.35. The number of hydrogen-bond donors (Lipinski definition) is 2. The van der Waals surface area contributed by atoms with E-state index in [1.54, 1.807) is 31.2 Å². The number of nitrogens with zero attached hydrogens (tertiary/aromatic N) is 3. The summed E-state index contributed by atoms with van der Waals surface area (Å²) >= 11 is 12.3. The van der Waals surface area contributed by atoms with E-state index in [2.05, 4.69) is 14.7 Å². The van der Waals surface area contributed by atoms with E-state index in [4.69, 9.17) is 33.7 Å². The van der Waals surface area contributed by atoms with Crippen molar-refractivity contribution in [3.63, 3.8) is 0 Å². The Kier molecular flexibility index (Phi) is 9.35. The molecule has 1 heterocycles. The minimum Gasteiger partial charge on any atom is -0.467 e. The molecule has 0 spiro atoms. The molecule has 8 nitrogen and oxygen atoms in total. The zero-order valence-corrected chi connectivity index (χ0v) is 22.5. The van der Waals surface area contributed by atoms with E-state index in [0.717, 1.165) is 13.1 Å². The molecule has 0 saturated heterocycles. The molecular formula is C24H28Cl2FN5O3S. The lowest BCUT2D eigenvalue weighted by Crippen LogP contribution is -2.31. The number of benzene rings is 2. The molecule has 0 radical (unpaired) electrons. The summed E-state index contributed by atoms with van der Waals surface area (Å²) in [5, 5.41) is 0.0968. The highest BCUT2D eigenvalue weighted by Gasteiger charge is 2.21. The normalized spacial score (nSPS) is 12.5. The lowest BCUT2D eigenvalue weighted by molar-refractivity contribution is 0.218. The van der Waals surface area contributed by atoms with Gasteiger partial charge in [0.1, 0.15) is 11.9 Å². The van der Waals surface area contributed by atoms with Crippen molar-refractivity contribution in [1.82, 2.24) is 14.9 Å². The van der Waals surface area contributed by atoms with E-state index in [1.807, 2.05) is 18.7 Å². The highest BCUT2D eigenvalue weighted by molar-refractivity contribution is 7.92. The number of hydrogen-bond acceptors (Lipinski definition) is 7. The van der Waals surface area contributed by atoms with Crippen molar-refractivity contribution in [2.75, 3.05) is 35.8 Å². The Balaban J connectivity index is 1.75. The van der Waals surface area contributed by atoms with Gasteiger partial charge < -0.3 is 15.4 Å². The molecule has 1 aromatic heterocycles. The number of aromatic nitrogens is 2. The molecule has 2 aromatic carbocycles. The van der Waals surface area contributed by atoms with E-state index in [-0.39, 0.29) is 33.1 Å². The van der Waals surface area contributed by atoms with Crippen LogP contribution in [0.2, 0.25) is 10.0 Å². The Labute approximate surface area is 220 Å². The Morgan fingerprint density at radius 2 is 1.81 bits per heavy atom. The molecule has 3 rings (SSSR count). The van der Waals surface area contributed by atoms with Crippen LogP contribution in [0, 0.1) is 5.82 Å². The van der Waals surface area contributed by atoms with Crippen molar-refractivity contribution in [3.05, 3.63) is 64.0 Å². The summed E-state index contributed by atoms with van der Waals surface area (Å²) in [5.74, 6) is -0.564. The number of nitrogens with one attached hydrogen (secondary N) is 1. The molecule has 1 unspecified atom stereocenters. The minimum atomic E-state index is -3.49. The van der Waals surface area contributed by atoms with Gasteiger partial charge in [-0.05, 0) is 44.3 Å². The molecule has 0 bridgehead atoms. The molecule has 0 amide bonds. The first-order chi connectivity index (χ1) is 17.0. The van der Waals surface area contributed by atoms with Crippen LogP contribution in [0.3, 0.4) is 0 Å². The molecule has 0 aliphatic rings. The second-order valence-electron chi connectivity index (χ2n) is 7.99. The predicted molar refractivity (Wildman–Crippen MR) is 143 cm³/mol. The van der Waals surface area contributed by atoms with Gasteiger partial charge in [0.15, 0.2) is 5.82 Å². The smallest absolute Gasteiger partial charge is 0.258 e.